The summed E-state index contributed by atoms with van der Waals surface area (Å²) in [6.07, 6.45) is 12.5. The second-order valence-corrected chi connectivity index (χ2v) is 15.9. The molecule has 0 saturated heterocycles. The number of anilines is 2. The molecular formula is C39H41Cl2F2N11O5. The zero-order valence-electron chi connectivity index (χ0n) is 31.7. The largest absolute Gasteiger partial charge is 0.481 e. The molecule has 0 radical (unpaired) electrons. The van der Waals surface area contributed by atoms with Crippen molar-refractivity contribution in [1.29, 1.82) is 0 Å². The van der Waals surface area contributed by atoms with Gasteiger partial charge in [-0.05, 0) is 63.5 Å². The van der Waals surface area contributed by atoms with Crippen molar-refractivity contribution < 1.29 is 33.7 Å². The van der Waals surface area contributed by atoms with Crippen LogP contribution in [0.25, 0.3) is 44.8 Å². The number of amides is 1. The van der Waals surface area contributed by atoms with E-state index in [0.717, 1.165) is 30.6 Å². The number of fused-ring (bicyclic) bond motifs is 2. The van der Waals surface area contributed by atoms with Crippen LogP contribution in [-0.4, -0.2) is 97.4 Å². The van der Waals surface area contributed by atoms with E-state index in [1.807, 2.05) is 0 Å². The minimum Gasteiger partial charge on any atom is -0.481 e. The van der Waals surface area contributed by atoms with Crippen LogP contribution in [0.1, 0.15) is 64.2 Å². The van der Waals surface area contributed by atoms with Gasteiger partial charge in [-0.1, -0.05) is 23.2 Å². The summed E-state index contributed by atoms with van der Waals surface area (Å²) < 4.78 is 28.8. The summed E-state index contributed by atoms with van der Waals surface area (Å²) in [5, 5.41) is 41.4. The molecular weight excluding hydrogens is 811 g/mol. The first-order chi connectivity index (χ1) is 28.2. The molecule has 59 heavy (non-hydrogen) atoms. The van der Waals surface area contributed by atoms with Crippen molar-refractivity contribution in [2.24, 2.45) is 0 Å². The molecule has 8 rings (SSSR count). The van der Waals surface area contributed by atoms with Crippen LogP contribution in [-0.2, 0) is 9.59 Å². The summed E-state index contributed by atoms with van der Waals surface area (Å²) in [5.74, 6) is -1.82. The van der Waals surface area contributed by atoms with E-state index in [1.54, 1.807) is 24.5 Å². The van der Waals surface area contributed by atoms with E-state index in [-0.39, 0.29) is 48.9 Å². The van der Waals surface area contributed by atoms with Crippen LogP contribution in [0.3, 0.4) is 0 Å². The third kappa shape index (κ3) is 9.84. The van der Waals surface area contributed by atoms with Gasteiger partial charge in [0.2, 0.25) is 5.91 Å². The molecule has 6 heterocycles. The summed E-state index contributed by atoms with van der Waals surface area (Å²) in [6, 6.07) is 2.95. The Morgan fingerprint density at radius 2 is 1.22 bits per heavy atom. The van der Waals surface area contributed by atoms with Crippen molar-refractivity contribution in [3.8, 4) is 22.8 Å². The maximum absolute atomic E-state index is 14.4. The number of hydrogen-bond donors (Lipinski definition) is 8. The summed E-state index contributed by atoms with van der Waals surface area (Å²) in [7, 11) is 1.54. The average Bonchev–Trinajstić information content (AvgIpc) is 3.80. The van der Waals surface area contributed by atoms with Crippen LogP contribution < -0.4 is 16.0 Å². The van der Waals surface area contributed by atoms with Crippen molar-refractivity contribution in [2.75, 3.05) is 17.7 Å². The molecule has 20 heteroatoms. The maximum Gasteiger partial charge on any atom is 0.306 e. The predicted molar refractivity (Wildman–Crippen MR) is 217 cm³/mol. The Balaban J connectivity index is 0.000000179. The molecule has 6 aromatic heterocycles. The fourth-order valence-corrected chi connectivity index (χ4v) is 8.14. The first-order valence-corrected chi connectivity index (χ1v) is 19.7. The summed E-state index contributed by atoms with van der Waals surface area (Å²) in [4.78, 5) is 54.1. The molecule has 0 bridgehead atoms. The third-order valence-corrected chi connectivity index (χ3v) is 11.0. The van der Waals surface area contributed by atoms with E-state index in [0.29, 0.717) is 81.6 Å². The fourth-order valence-electron chi connectivity index (χ4n) is 7.83. The first-order valence-electron chi connectivity index (χ1n) is 18.9. The standard InChI is InChI=1S/C20H22ClFN6O2.C19H19ClFN5O3/c1-23-16(29)7-20(30)4-2-3-12(6-20)27-19-15(22)10-26-18(28-19)14-9-25-17-13(14)5-11(21)8-24-17;20-10-4-12-13(8-23-16(12)22-7-10)17-24-9-14(21)18(26-17)25-11-2-1-3-19(29,5-11)6-15(27)28/h5,8-10,12,30H,2-4,6-7H2,1H3,(H,23,29)(H,24,25)(H,26,27,28);4,7-9,11,29H,1-3,5-6H2,(H,22,23)(H,27,28)(H,24,25,26)/t12?,20-;11?,19-/m00/s1. The van der Waals surface area contributed by atoms with Crippen LogP contribution >= 0.6 is 23.2 Å². The Labute approximate surface area is 345 Å². The second kappa shape index (κ2) is 17.3. The number of carbonyl (C=O) groups excluding carboxylic acids is 1. The molecule has 4 atom stereocenters. The molecule has 2 aliphatic carbocycles. The molecule has 2 unspecified atom stereocenters. The van der Waals surface area contributed by atoms with Gasteiger partial charge < -0.3 is 41.2 Å². The van der Waals surface area contributed by atoms with Crippen molar-refractivity contribution in [2.45, 2.75) is 87.5 Å². The van der Waals surface area contributed by atoms with E-state index in [4.69, 9.17) is 28.3 Å². The summed E-state index contributed by atoms with van der Waals surface area (Å²) in [5.41, 5.74) is 0.0858. The lowest BCUT2D eigenvalue weighted by Crippen LogP contribution is -2.43. The Hall–Kier alpha value is -5.56. The van der Waals surface area contributed by atoms with Gasteiger partial charge in [0.1, 0.15) is 11.3 Å². The number of aromatic nitrogens is 8. The molecule has 0 aliphatic heterocycles. The zero-order chi connectivity index (χ0) is 41.9. The predicted octanol–water partition coefficient (Wildman–Crippen LogP) is 6.41. The maximum atomic E-state index is 14.4. The normalized spacial score (nSPS) is 21.7. The number of pyridine rings is 2. The molecule has 8 N–H and O–H groups in total. The number of rotatable bonds is 10. The Kier molecular flexibility index (Phi) is 12.2. The fraction of sp³-hybridized carbons (Fsp3) is 0.385. The van der Waals surface area contributed by atoms with Crippen LogP contribution in [0.5, 0.6) is 0 Å². The number of nitrogens with one attached hydrogen (secondary N) is 5. The number of halogens is 4. The van der Waals surface area contributed by atoms with Crippen molar-refractivity contribution >= 4 is 68.8 Å². The molecule has 310 valence electrons. The first kappa shape index (κ1) is 41.6. The van der Waals surface area contributed by atoms with Crippen molar-refractivity contribution in [3.05, 3.63) is 71.0 Å². The van der Waals surface area contributed by atoms with Gasteiger partial charge in [-0.25, -0.2) is 38.7 Å². The quantitative estimate of drug-likeness (QED) is 0.0745. The molecule has 16 nitrogen and oxygen atoms in total. The number of carboxylic acid groups (broad SMARTS) is 1. The molecule has 2 aliphatic rings. The van der Waals surface area contributed by atoms with Crippen LogP contribution in [0.4, 0.5) is 20.4 Å². The number of aliphatic hydroxyl groups is 2. The lowest BCUT2D eigenvalue weighted by atomic mass is 9.79. The van der Waals surface area contributed by atoms with Gasteiger partial charge in [0, 0.05) is 65.8 Å². The van der Waals surface area contributed by atoms with Gasteiger partial charge in [-0.15, -0.1) is 0 Å². The number of H-pyrrole nitrogens is 2. The SMILES string of the molecule is CNC(=O)C[C@]1(O)CCCC(Nc2nc(-c3c[nH]c4ncc(Cl)cc34)ncc2F)C1.O=C(O)C[C@]1(O)CCCC(Nc2nc(-c3c[nH]c4ncc(Cl)cc34)ncc2F)C1. The summed E-state index contributed by atoms with van der Waals surface area (Å²) in [6.45, 7) is 0. The summed E-state index contributed by atoms with van der Waals surface area (Å²) >= 11 is 12.1. The van der Waals surface area contributed by atoms with Crippen LogP contribution in [0.2, 0.25) is 10.0 Å². The van der Waals surface area contributed by atoms with Crippen molar-refractivity contribution in [1.82, 2.24) is 45.2 Å². The van der Waals surface area contributed by atoms with E-state index >= 15 is 0 Å². The topological polar surface area (TPSA) is 240 Å². The average molecular weight is 853 g/mol. The lowest BCUT2D eigenvalue weighted by molar-refractivity contribution is -0.144. The molecule has 2 fully saturated rings. The Morgan fingerprint density at radius 3 is 1.66 bits per heavy atom. The highest BCUT2D eigenvalue weighted by molar-refractivity contribution is 6.31. The van der Waals surface area contributed by atoms with Gasteiger partial charge >= 0.3 is 5.97 Å². The molecule has 0 aromatic carbocycles. The molecule has 6 aromatic rings. The number of nitrogens with zero attached hydrogens (tertiary/aromatic N) is 6. The Bertz CT molecular complexity index is 2510. The van der Waals surface area contributed by atoms with Gasteiger partial charge in [0.15, 0.2) is 34.9 Å². The highest BCUT2D eigenvalue weighted by atomic mass is 35.5. The van der Waals surface area contributed by atoms with Crippen molar-refractivity contribution in [3.63, 3.8) is 0 Å². The second-order valence-electron chi connectivity index (χ2n) is 15.0. The van der Waals surface area contributed by atoms with Gasteiger partial charge in [0.05, 0.1) is 46.5 Å². The monoisotopic (exact) mass is 851 g/mol. The van der Waals surface area contributed by atoms with Gasteiger partial charge in [-0.3, -0.25) is 9.59 Å². The van der Waals surface area contributed by atoms with Gasteiger partial charge in [-0.2, -0.15) is 0 Å². The minimum atomic E-state index is -1.31. The lowest BCUT2D eigenvalue weighted by Gasteiger charge is -2.36. The molecule has 0 spiro atoms. The van der Waals surface area contributed by atoms with Gasteiger partial charge in [0.25, 0.3) is 0 Å². The number of carboxylic acids is 1. The highest BCUT2D eigenvalue weighted by Crippen LogP contribution is 2.36. The van der Waals surface area contributed by atoms with E-state index in [9.17, 15) is 28.6 Å². The number of carbonyl (C=O) groups is 2. The molecule has 1 amide bonds. The number of hydrogen-bond acceptors (Lipinski definition) is 12. The van der Waals surface area contributed by atoms with E-state index < -0.39 is 28.8 Å². The Morgan fingerprint density at radius 1 is 0.763 bits per heavy atom. The third-order valence-electron chi connectivity index (χ3n) is 10.5. The smallest absolute Gasteiger partial charge is 0.306 e. The zero-order valence-corrected chi connectivity index (χ0v) is 33.2. The molecule has 2 saturated carbocycles. The number of aromatic amines is 2. The van der Waals surface area contributed by atoms with E-state index in [2.05, 4.69) is 55.8 Å². The van der Waals surface area contributed by atoms with E-state index in [1.165, 1.54) is 19.4 Å². The highest BCUT2D eigenvalue weighted by Gasteiger charge is 2.38. The van der Waals surface area contributed by atoms with Crippen LogP contribution in [0.15, 0.2) is 49.3 Å². The minimum absolute atomic E-state index is 0.00362. The number of aliphatic carboxylic acids is 1. The van der Waals surface area contributed by atoms with Crippen LogP contribution in [0, 0.1) is 11.6 Å².